The summed E-state index contributed by atoms with van der Waals surface area (Å²) in [7, 11) is 0. The monoisotopic (exact) mass is 192 g/mol. The molecule has 0 aliphatic rings. The van der Waals surface area contributed by atoms with Gasteiger partial charge in [0.1, 0.15) is 0 Å². The summed E-state index contributed by atoms with van der Waals surface area (Å²) in [5.74, 6) is 0. The third kappa shape index (κ3) is 18.7. The van der Waals surface area contributed by atoms with E-state index in [-0.39, 0.29) is 97.9 Å². The number of halogens is 2. The van der Waals surface area contributed by atoms with Crippen molar-refractivity contribution in [2.75, 3.05) is 0 Å². The van der Waals surface area contributed by atoms with Gasteiger partial charge in [-0.3, -0.25) is 0 Å². The van der Waals surface area contributed by atoms with E-state index < -0.39 is 0 Å². The molecule has 0 fully saturated rings. The second-order valence-corrected chi connectivity index (χ2v) is 0. The average Bonchev–Trinajstić information content (AvgIpc) is 1.00. The molecule has 0 spiro atoms. The largest absolute Gasteiger partial charge is 1.00 e. The normalized spacial score (nSPS) is 1.20. The van der Waals surface area contributed by atoms with Crippen LogP contribution in [0.1, 0.15) is 0 Å². The summed E-state index contributed by atoms with van der Waals surface area (Å²) in [6.07, 6.45) is 0. The molecule has 0 saturated carbocycles. The van der Waals surface area contributed by atoms with Gasteiger partial charge in [-0.25, -0.2) is 11.9 Å². The number of hydrogen-bond acceptors (Lipinski definition) is 1. The molecule has 0 rings (SSSR count). The molecule has 0 aromatic heterocycles. The predicted octanol–water partition coefficient (Wildman–Crippen LogP) is -9.49. The molecular weight excluding hydrogens is 193 g/mol. The van der Waals surface area contributed by atoms with Gasteiger partial charge in [0.05, 0.1) is 0 Å². The van der Waals surface area contributed by atoms with Gasteiger partial charge < -0.3 is 21.6 Å². The van der Waals surface area contributed by atoms with E-state index in [1.807, 2.05) is 0 Å². The molecule has 0 aromatic rings. The van der Waals surface area contributed by atoms with Gasteiger partial charge in [0, 0.05) is 0 Å². The zero-order valence-electron chi connectivity index (χ0n) is 3.16. The Labute approximate surface area is 111 Å². The molecule has 0 bridgehead atoms. The average molecular weight is 193 g/mol. The van der Waals surface area contributed by atoms with Crippen molar-refractivity contribution in [3.8, 4) is 0 Å². The van der Waals surface area contributed by atoms with E-state index in [1.54, 1.807) is 0 Å². The van der Waals surface area contributed by atoms with Crippen molar-refractivity contribution in [2.24, 2.45) is 0 Å². The molecule has 0 unspecified atom stereocenters. The fraction of sp³-hybridized carbons (Fsp3) is 0. The first kappa shape index (κ1) is 23.8. The van der Waals surface area contributed by atoms with Crippen LogP contribution in [0.2, 0.25) is 0 Å². The minimum Gasteiger partial charge on any atom is -1.00 e. The molecule has 0 N–H and O–H groups in total. The number of hydrogen-bond donors (Lipinski definition) is 0. The second-order valence-electron chi connectivity index (χ2n) is 0. The molecule has 0 saturated heterocycles. The fourth-order valence-electron chi connectivity index (χ4n) is 0. The summed E-state index contributed by atoms with van der Waals surface area (Å²) < 4.78 is 7.72. The van der Waals surface area contributed by atoms with Gasteiger partial charge in [-0.15, -0.1) is 0 Å². The minimum absolute atomic E-state index is 0. The Morgan fingerprint density at radius 3 is 1.20 bits per heavy atom. The van der Waals surface area contributed by atoms with Crippen LogP contribution in [0.25, 0.3) is 0 Å². The topological polar surface area (TPSA) is 23.1 Å². The van der Waals surface area contributed by atoms with Gasteiger partial charge in [0.25, 0.3) is 0 Å². The Morgan fingerprint density at radius 2 is 1.20 bits per heavy atom. The first-order valence-corrected chi connectivity index (χ1v) is 0.463. The van der Waals surface area contributed by atoms with Crippen LogP contribution in [-0.4, -0.2) is 0 Å². The summed E-state index contributed by atoms with van der Waals surface area (Å²) in [5.41, 5.74) is 0. The molecule has 5 heteroatoms. The summed E-state index contributed by atoms with van der Waals surface area (Å²) >= 11 is 3.39. The standard InChI is InChI=1S/BrH.ClO.K.Na/c;1-2;;/h1H;;;/q;-1;2*+1/p-1. The fourth-order valence-corrected chi connectivity index (χ4v) is 0. The molecule has 0 aliphatic carbocycles. The molecular formula is BrClKNaO. The van der Waals surface area contributed by atoms with Gasteiger partial charge in [-0.2, -0.15) is 0 Å². The Morgan fingerprint density at radius 1 is 1.20 bits per heavy atom. The Hall–Kier alpha value is 3.37. The van der Waals surface area contributed by atoms with Gasteiger partial charge in [-0.05, 0) is 0 Å². The van der Waals surface area contributed by atoms with Gasteiger partial charge in [0.2, 0.25) is 0 Å². The molecule has 0 atom stereocenters. The maximum atomic E-state index is 7.72. The molecule has 1 nitrogen and oxygen atoms in total. The van der Waals surface area contributed by atoms with Crippen molar-refractivity contribution >= 4 is 11.9 Å². The maximum absolute atomic E-state index is 7.72. The van der Waals surface area contributed by atoms with Crippen LogP contribution in [0.15, 0.2) is 0 Å². The van der Waals surface area contributed by atoms with Crippen LogP contribution in [-0.2, 0) is 0 Å². The van der Waals surface area contributed by atoms with E-state index in [1.165, 1.54) is 0 Å². The zero-order chi connectivity index (χ0) is 2.00. The van der Waals surface area contributed by atoms with Crippen molar-refractivity contribution in [2.45, 2.75) is 0 Å². The van der Waals surface area contributed by atoms with E-state index in [9.17, 15) is 0 Å². The minimum atomic E-state index is 0. The molecule has 0 aromatic carbocycles. The SMILES string of the molecule is [Br-].[K+].[Na+].[O-]Cl. The zero-order valence-corrected chi connectivity index (χ0v) is 10.6. The van der Waals surface area contributed by atoms with E-state index >= 15 is 0 Å². The quantitative estimate of drug-likeness (QED) is 0.351. The van der Waals surface area contributed by atoms with E-state index in [0.29, 0.717) is 0 Å². The van der Waals surface area contributed by atoms with Gasteiger partial charge >= 0.3 is 80.9 Å². The van der Waals surface area contributed by atoms with Crippen LogP contribution in [0.3, 0.4) is 0 Å². The van der Waals surface area contributed by atoms with Gasteiger partial charge in [0.15, 0.2) is 0 Å². The molecule has 0 aliphatic heterocycles. The third-order valence-electron chi connectivity index (χ3n) is 0. The Balaban J connectivity index is -0.00000000167. The van der Waals surface area contributed by atoms with Crippen LogP contribution in [0.4, 0.5) is 0 Å². The molecule has 0 radical (unpaired) electrons. The summed E-state index contributed by atoms with van der Waals surface area (Å²) in [6, 6.07) is 0. The Bertz CT molecular complexity index is 11.6. The van der Waals surface area contributed by atoms with E-state index in [0.717, 1.165) is 0 Å². The summed E-state index contributed by atoms with van der Waals surface area (Å²) in [4.78, 5) is 0. The smallest absolute Gasteiger partial charge is 1.00 e. The van der Waals surface area contributed by atoms with Gasteiger partial charge in [-0.1, -0.05) is 0 Å². The molecule has 22 valence electrons. The number of rotatable bonds is 0. The third-order valence-corrected chi connectivity index (χ3v) is 0. The van der Waals surface area contributed by atoms with Crippen molar-refractivity contribution < 1.29 is 103 Å². The van der Waals surface area contributed by atoms with E-state index in [4.69, 9.17) is 4.66 Å². The Kier molecular flexibility index (Phi) is 125. The van der Waals surface area contributed by atoms with Crippen LogP contribution < -0.4 is 103 Å². The van der Waals surface area contributed by atoms with Crippen LogP contribution in [0.5, 0.6) is 0 Å². The first-order chi connectivity index (χ1) is 1.00. The predicted molar refractivity (Wildman–Crippen MR) is 5.85 cm³/mol. The van der Waals surface area contributed by atoms with Crippen LogP contribution in [0, 0.1) is 0 Å². The van der Waals surface area contributed by atoms with E-state index in [2.05, 4.69) is 11.9 Å². The maximum Gasteiger partial charge on any atom is 1.00 e. The second kappa shape index (κ2) is 26.3. The molecule has 5 heavy (non-hydrogen) atoms. The summed E-state index contributed by atoms with van der Waals surface area (Å²) in [5, 5.41) is 0. The first-order valence-electron chi connectivity index (χ1n) is 0.154. The van der Waals surface area contributed by atoms with Crippen LogP contribution >= 0.6 is 11.9 Å². The van der Waals surface area contributed by atoms with Crippen molar-refractivity contribution in [3.63, 3.8) is 0 Å². The molecule has 0 amide bonds. The van der Waals surface area contributed by atoms with Crippen molar-refractivity contribution in [3.05, 3.63) is 0 Å². The van der Waals surface area contributed by atoms with Crippen molar-refractivity contribution in [1.29, 1.82) is 0 Å². The summed E-state index contributed by atoms with van der Waals surface area (Å²) in [6.45, 7) is 0. The van der Waals surface area contributed by atoms with Crippen molar-refractivity contribution in [1.82, 2.24) is 0 Å². The molecule has 0 heterocycles.